The number of hydrogen-bond donors (Lipinski definition) is 0. The number of ether oxygens (including phenoxy) is 2. The molecule has 2 fully saturated rings. The first-order chi connectivity index (χ1) is 23.5. The number of piperazine rings is 1. The first-order valence-electron chi connectivity index (χ1n) is 16.9. The molecule has 3 heterocycles. The first-order valence-corrected chi connectivity index (χ1v) is 18.3. The van der Waals surface area contributed by atoms with Gasteiger partial charge in [-0.2, -0.15) is 9.57 Å². The Morgan fingerprint density at radius 3 is 2.27 bits per heavy atom. The van der Waals surface area contributed by atoms with Gasteiger partial charge in [0.15, 0.2) is 0 Å². The fourth-order valence-electron chi connectivity index (χ4n) is 7.08. The van der Waals surface area contributed by atoms with Gasteiger partial charge in [-0.25, -0.2) is 13.2 Å². The minimum Gasteiger partial charge on any atom is -0.493 e. The number of nitriles is 1. The van der Waals surface area contributed by atoms with Gasteiger partial charge in [-0.15, -0.1) is 0 Å². The highest BCUT2D eigenvalue weighted by Crippen LogP contribution is 2.52. The lowest BCUT2D eigenvalue weighted by molar-refractivity contribution is -0.132. The number of sulfonamides is 1. The van der Waals surface area contributed by atoms with E-state index in [4.69, 9.17) is 9.47 Å². The molecule has 2 amide bonds. The molecule has 3 aromatic carbocycles. The number of carbonyl (C=O) groups is 2. The Bertz CT molecular complexity index is 1860. The Kier molecular flexibility index (Phi) is 9.71. The molecular formula is C37H43N5O6S. The number of benzene rings is 3. The number of carbonyl (C=O) groups excluding carboxylic acids is 2. The van der Waals surface area contributed by atoms with Gasteiger partial charge in [-0.05, 0) is 87.8 Å². The summed E-state index contributed by atoms with van der Waals surface area (Å²) in [6.07, 6.45) is 1.38. The van der Waals surface area contributed by atoms with Crippen LogP contribution in [0.25, 0.3) is 0 Å². The maximum Gasteiger partial charge on any atom is 0.411 e. The van der Waals surface area contributed by atoms with Crippen molar-refractivity contribution in [2.45, 2.75) is 56.1 Å². The number of para-hydroxylation sites is 1. The summed E-state index contributed by atoms with van der Waals surface area (Å²) in [6.45, 7) is 10.2. The van der Waals surface area contributed by atoms with Crippen molar-refractivity contribution in [2.24, 2.45) is 0 Å². The maximum absolute atomic E-state index is 15.0. The molecule has 0 aliphatic carbocycles. The molecule has 1 atom stereocenters. The van der Waals surface area contributed by atoms with Crippen LogP contribution in [-0.4, -0.2) is 94.1 Å². The van der Waals surface area contributed by atoms with E-state index in [0.717, 1.165) is 31.5 Å². The van der Waals surface area contributed by atoms with Gasteiger partial charge in [0.25, 0.3) is 15.9 Å². The quantitative estimate of drug-likeness (QED) is 0.326. The number of nitrogens with zero attached hydrogens (tertiary/aromatic N) is 5. The number of anilines is 1. The Balaban J connectivity index is 1.43. The third-order valence-corrected chi connectivity index (χ3v) is 11.6. The van der Waals surface area contributed by atoms with Crippen molar-refractivity contribution in [2.75, 3.05) is 57.2 Å². The second-order valence-electron chi connectivity index (χ2n) is 13.2. The van der Waals surface area contributed by atoms with Crippen LogP contribution in [0.2, 0.25) is 0 Å². The molecule has 3 aliphatic heterocycles. The summed E-state index contributed by atoms with van der Waals surface area (Å²) in [7, 11) is -2.38. The Morgan fingerprint density at radius 2 is 1.63 bits per heavy atom. The van der Waals surface area contributed by atoms with Crippen LogP contribution < -0.4 is 9.04 Å². The second-order valence-corrected chi connectivity index (χ2v) is 15.0. The Morgan fingerprint density at radius 1 is 0.959 bits per heavy atom. The minimum absolute atomic E-state index is 0.00289. The number of piperidine rings is 1. The molecule has 49 heavy (non-hydrogen) atoms. The van der Waals surface area contributed by atoms with Crippen LogP contribution in [-0.2, 0) is 25.2 Å². The van der Waals surface area contributed by atoms with Crippen molar-refractivity contribution < 1.29 is 27.5 Å². The molecular weight excluding hydrogens is 643 g/mol. The number of amides is 2. The van der Waals surface area contributed by atoms with Crippen LogP contribution in [0.15, 0.2) is 71.6 Å². The van der Waals surface area contributed by atoms with Crippen LogP contribution in [0.4, 0.5) is 10.5 Å². The molecule has 258 valence electrons. The highest BCUT2D eigenvalue weighted by atomic mass is 32.2. The molecule has 0 radical (unpaired) electrons. The van der Waals surface area contributed by atoms with Crippen molar-refractivity contribution in [3.8, 4) is 11.8 Å². The molecule has 0 bridgehead atoms. The average molecular weight is 686 g/mol. The summed E-state index contributed by atoms with van der Waals surface area (Å²) in [5.74, 6) is -0.563. The van der Waals surface area contributed by atoms with Crippen LogP contribution in [0.3, 0.4) is 0 Å². The van der Waals surface area contributed by atoms with Crippen molar-refractivity contribution in [1.29, 1.82) is 5.26 Å². The molecule has 0 N–H and O–H groups in total. The molecule has 11 nitrogen and oxygen atoms in total. The van der Waals surface area contributed by atoms with Gasteiger partial charge >= 0.3 is 6.09 Å². The lowest BCUT2D eigenvalue weighted by Gasteiger charge is -2.42. The van der Waals surface area contributed by atoms with Crippen molar-refractivity contribution in [3.63, 3.8) is 0 Å². The van der Waals surface area contributed by atoms with E-state index in [1.165, 1.54) is 30.3 Å². The van der Waals surface area contributed by atoms with E-state index in [0.29, 0.717) is 36.5 Å². The van der Waals surface area contributed by atoms with E-state index in [1.807, 2.05) is 13.8 Å². The normalized spacial score (nSPS) is 20.7. The molecule has 3 aromatic rings. The van der Waals surface area contributed by atoms with Crippen molar-refractivity contribution >= 4 is 27.7 Å². The smallest absolute Gasteiger partial charge is 0.411 e. The number of hydrogen-bond acceptors (Lipinski definition) is 9. The van der Waals surface area contributed by atoms with Crippen LogP contribution >= 0.6 is 0 Å². The molecule has 12 heteroatoms. The van der Waals surface area contributed by atoms with Gasteiger partial charge < -0.3 is 19.3 Å². The zero-order valence-electron chi connectivity index (χ0n) is 28.5. The molecule has 6 rings (SSSR count). The summed E-state index contributed by atoms with van der Waals surface area (Å²) in [5.41, 5.74) is -0.901. The van der Waals surface area contributed by atoms with Gasteiger partial charge in [-0.1, -0.05) is 44.2 Å². The number of fused-ring (bicyclic) bond motifs is 1. The monoisotopic (exact) mass is 685 g/mol. The summed E-state index contributed by atoms with van der Waals surface area (Å²) in [5, 5.41) is 9.91. The predicted octanol–water partition coefficient (Wildman–Crippen LogP) is 4.91. The first kappa shape index (κ1) is 34.4. The minimum atomic E-state index is -4.51. The molecule has 0 saturated carbocycles. The number of likely N-dealkylation sites (tertiary alicyclic amines) is 1. The van der Waals surface area contributed by atoms with Crippen LogP contribution in [0, 0.1) is 11.3 Å². The topological polar surface area (TPSA) is 123 Å². The summed E-state index contributed by atoms with van der Waals surface area (Å²) in [6, 6.07) is 19.9. The van der Waals surface area contributed by atoms with Gasteiger partial charge in [0, 0.05) is 37.8 Å². The van der Waals surface area contributed by atoms with E-state index in [-0.39, 0.29) is 45.5 Å². The summed E-state index contributed by atoms with van der Waals surface area (Å²) < 4.78 is 41.9. The van der Waals surface area contributed by atoms with E-state index >= 15 is 4.79 Å². The summed E-state index contributed by atoms with van der Waals surface area (Å²) >= 11 is 0. The second kappa shape index (κ2) is 13.8. The van der Waals surface area contributed by atoms with Gasteiger partial charge in [0.2, 0.25) is 5.60 Å². The molecule has 2 saturated heterocycles. The molecule has 0 spiro atoms. The SMILES string of the molecule is CCOc1ccccc1C1(OC(=O)N2CCN(C3CCN(C)CC3)CC2)C(=O)N(S(=O)(=O)c2ccc(C(C)C)cc2)c2ccc(C#N)cc21. The average Bonchev–Trinajstić information content (AvgIpc) is 3.36. The van der Waals surface area contributed by atoms with Crippen molar-refractivity contribution in [1.82, 2.24) is 14.7 Å². The number of rotatable bonds is 8. The van der Waals surface area contributed by atoms with E-state index in [9.17, 15) is 18.5 Å². The highest BCUT2D eigenvalue weighted by molar-refractivity contribution is 7.93. The zero-order valence-corrected chi connectivity index (χ0v) is 29.3. The van der Waals surface area contributed by atoms with Gasteiger partial charge in [0.1, 0.15) is 5.75 Å². The molecule has 3 aliphatic rings. The van der Waals surface area contributed by atoms with E-state index < -0.39 is 27.6 Å². The van der Waals surface area contributed by atoms with Crippen LogP contribution in [0.5, 0.6) is 5.75 Å². The van der Waals surface area contributed by atoms with Gasteiger partial charge in [-0.3, -0.25) is 9.69 Å². The zero-order chi connectivity index (χ0) is 34.9. The third kappa shape index (κ3) is 6.27. The Labute approximate surface area is 288 Å². The van der Waals surface area contributed by atoms with Gasteiger partial charge in [0.05, 0.1) is 34.4 Å². The standard InChI is InChI=1S/C37H43N5O6S/c1-5-47-34-9-7-6-8-31(34)37(48-36(44)41-22-20-40(21-23-41)29-16-18-39(4)19-17-29)32-24-27(25-38)10-15-33(32)42(35(37)43)49(45,46)30-13-11-28(12-14-30)26(2)3/h6-15,24,26,29H,5,16-23H2,1-4H3. The van der Waals surface area contributed by atoms with E-state index in [2.05, 4.69) is 22.9 Å². The maximum atomic E-state index is 15.0. The Hall–Kier alpha value is -4.44. The van der Waals surface area contributed by atoms with E-state index in [1.54, 1.807) is 48.2 Å². The lowest BCUT2D eigenvalue weighted by atomic mass is 9.85. The fourth-order valence-corrected chi connectivity index (χ4v) is 8.53. The predicted molar refractivity (Wildman–Crippen MR) is 185 cm³/mol. The molecule has 0 aromatic heterocycles. The lowest BCUT2D eigenvalue weighted by Crippen LogP contribution is -2.55. The summed E-state index contributed by atoms with van der Waals surface area (Å²) in [4.78, 5) is 35.5. The van der Waals surface area contributed by atoms with Crippen LogP contribution in [0.1, 0.15) is 61.8 Å². The third-order valence-electron chi connectivity index (χ3n) is 9.88. The van der Waals surface area contributed by atoms with Crippen molar-refractivity contribution in [3.05, 3.63) is 89.0 Å². The molecule has 1 unspecified atom stereocenters. The largest absolute Gasteiger partial charge is 0.493 e. The fraction of sp³-hybridized carbons (Fsp3) is 0.432. The highest BCUT2D eigenvalue weighted by Gasteiger charge is 2.61.